The van der Waals surface area contributed by atoms with Gasteiger partial charge in [-0.15, -0.1) is 0 Å². The van der Waals surface area contributed by atoms with Crippen molar-refractivity contribution in [3.8, 4) is 22.4 Å². The quantitative estimate of drug-likeness (QED) is 0.519. The van der Waals surface area contributed by atoms with Crippen LogP contribution in [0.4, 0.5) is 5.95 Å². The molecule has 9 heteroatoms. The molecule has 0 radical (unpaired) electrons. The van der Waals surface area contributed by atoms with E-state index in [1.165, 1.54) is 0 Å². The lowest BCUT2D eigenvalue weighted by Gasteiger charge is -2.26. The van der Waals surface area contributed by atoms with Gasteiger partial charge in [0.05, 0.1) is 25.1 Å². The average molecular weight is 527 g/mol. The number of aryl methyl sites for hydroxylation is 2. The fourth-order valence-corrected chi connectivity index (χ4v) is 5.28. The molecule has 3 aromatic rings. The lowest BCUT2D eigenvalue weighted by Crippen LogP contribution is -2.37. The van der Waals surface area contributed by atoms with Crippen molar-refractivity contribution >= 4 is 17.6 Å². The zero-order chi connectivity index (χ0) is 27.7. The van der Waals surface area contributed by atoms with Gasteiger partial charge < -0.3 is 15.0 Å². The van der Waals surface area contributed by atoms with Crippen molar-refractivity contribution in [3.63, 3.8) is 0 Å². The number of allylic oxidation sites excluding steroid dienone is 3. The molecule has 1 N–H and O–H groups in total. The van der Waals surface area contributed by atoms with E-state index in [2.05, 4.69) is 31.3 Å². The Kier molecular flexibility index (Phi) is 7.43. The minimum absolute atomic E-state index is 0.0574. The standard InChI is InChI=1S/C30H34N6O3/c1-18-10-19(2)26(27(37)11-18)17-31-29(38)25-13-22(12-24(21(25)4)28-20(3)14-34-35(28)5)23-15-32-30(33-16-23)36-6-8-39-9-7-36/h10,12-16H,6-9,11,17H2,1-5H3,(H,31,38). The Labute approximate surface area is 228 Å². The van der Waals surface area contributed by atoms with Crippen molar-refractivity contribution in [2.75, 3.05) is 37.7 Å². The van der Waals surface area contributed by atoms with Crippen molar-refractivity contribution in [1.82, 2.24) is 25.1 Å². The number of rotatable bonds is 6. The molecular formula is C30H34N6O3. The Morgan fingerprint density at radius 3 is 2.38 bits per heavy atom. The van der Waals surface area contributed by atoms with Gasteiger partial charge in [0.25, 0.3) is 5.91 Å². The van der Waals surface area contributed by atoms with Crippen LogP contribution in [0.2, 0.25) is 0 Å². The van der Waals surface area contributed by atoms with Crippen LogP contribution in [0, 0.1) is 13.8 Å². The number of ether oxygens (including phenoxy) is 1. The molecule has 0 saturated carbocycles. The van der Waals surface area contributed by atoms with Gasteiger partial charge in [-0.25, -0.2) is 9.97 Å². The van der Waals surface area contributed by atoms with Crippen LogP contribution in [0.15, 0.2) is 53.5 Å². The highest BCUT2D eigenvalue weighted by atomic mass is 16.5. The number of Topliss-reactive ketones (excluding diaryl/α,β-unsaturated/α-hetero) is 1. The van der Waals surface area contributed by atoms with E-state index in [1.54, 1.807) is 12.4 Å². The number of nitrogens with zero attached hydrogens (tertiary/aromatic N) is 5. The van der Waals surface area contributed by atoms with Crippen LogP contribution in [-0.2, 0) is 16.6 Å². The summed E-state index contributed by atoms with van der Waals surface area (Å²) < 4.78 is 7.26. The topological polar surface area (TPSA) is 102 Å². The highest BCUT2D eigenvalue weighted by Crippen LogP contribution is 2.33. The Hall–Kier alpha value is -4.11. The monoisotopic (exact) mass is 526 g/mol. The number of anilines is 1. The Balaban J connectivity index is 1.51. The second-order valence-corrected chi connectivity index (χ2v) is 10.3. The van der Waals surface area contributed by atoms with E-state index in [0.29, 0.717) is 36.7 Å². The highest BCUT2D eigenvalue weighted by Gasteiger charge is 2.22. The predicted molar refractivity (Wildman–Crippen MR) is 151 cm³/mol. The summed E-state index contributed by atoms with van der Waals surface area (Å²) in [6, 6.07) is 3.94. The summed E-state index contributed by atoms with van der Waals surface area (Å²) in [4.78, 5) is 37.5. The normalized spacial score (nSPS) is 16.0. The Morgan fingerprint density at radius 2 is 1.74 bits per heavy atom. The number of hydrogen-bond acceptors (Lipinski definition) is 7. The van der Waals surface area contributed by atoms with E-state index in [-0.39, 0.29) is 18.2 Å². The van der Waals surface area contributed by atoms with Crippen molar-refractivity contribution in [3.05, 3.63) is 70.2 Å². The summed E-state index contributed by atoms with van der Waals surface area (Å²) in [6.07, 6.45) is 7.82. The lowest BCUT2D eigenvalue weighted by atomic mass is 9.91. The van der Waals surface area contributed by atoms with Crippen LogP contribution in [0.25, 0.3) is 22.4 Å². The van der Waals surface area contributed by atoms with E-state index in [0.717, 1.165) is 57.7 Å². The van der Waals surface area contributed by atoms with E-state index >= 15 is 0 Å². The van der Waals surface area contributed by atoms with Gasteiger partial charge in [0.15, 0.2) is 5.78 Å². The number of ketones is 1. The van der Waals surface area contributed by atoms with Crippen molar-refractivity contribution in [2.24, 2.45) is 7.05 Å². The van der Waals surface area contributed by atoms with Gasteiger partial charge in [-0.2, -0.15) is 5.10 Å². The van der Waals surface area contributed by atoms with E-state index in [1.807, 2.05) is 57.8 Å². The number of hydrogen-bond donors (Lipinski definition) is 1. The van der Waals surface area contributed by atoms with Gasteiger partial charge >= 0.3 is 0 Å². The van der Waals surface area contributed by atoms with Crippen LogP contribution in [0.1, 0.15) is 41.8 Å². The minimum atomic E-state index is -0.236. The van der Waals surface area contributed by atoms with Crippen LogP contribution >= 0.6 is 0 Å². The molecule has 0 bridgehead atoms. The second kappa shape index (κ2) is 10.9. The molecule has 0 spiro atoms. The molecule has 0 atom stereocenters. The first-order valence-electron chi connectivity index (χ1n) is 13.2. The minimum Gasteiger partial charge on any atom is -0.378 e. The molecule has 2 aromatic heterocycles. The van der Waals surface area contributed by atoms with Gasteiger partial charge in [-0.05, 0) is 62.1 Å². The Bertz CT molecular complexity index is 1470. The van der Waals surface area contributed by atoms with E-state index in [4.69, 9.17) is 4.74 Å². The van der Waals surface area contributed by atoms with Gasteiger partial charge in [-0.1, -0.05) is 11.6 Å². The third-order valence-electron chi connectivity index (χ3n) is 7.44. The molecule has 1 saturated heterocycles. The number of amides is 1. The number of carbonyl (C=O) groups excluding carboxylic acids is 2. The SMILES string of the molecule is CC1=CC(C)=C(CNC(=O)c2cc(-c3cnc(N4CCOCC4)nc3)cc(-c3c(C)cnn3C)c2C)C(=O)C1. The van der Waals surface area contributed by atoms with Gasteiger partial charge in [-0.3, -0.25) is 14.3 Å². The molecular weight excluding hydrogens is 492 g/mol. The largest absolute Gasteiger partial charge is 0.378 e. The molecule has 2 aliphatic rings. The van der Waals surface area contributed by atoms with Gasteiger partial charge in [0.2, 0.25) is 5.95 Å². The van der Waals surface area contributed by atoms with Crippen molar-refractivity contribution in [1.29, 1.82) is 0 Å². The molecule has 39 heavy (non-hydrogen) atoms. The summed E-state index contributed by atoms with van der Waals surface area (Å²) in [6.45, 7) is 10.8. The molecule has 3 heterocycles. The van der Waals surface area contributed by atoms with E-state index < -0.39 is 0 Å². The first-order chi connectivity index (χ1) is 18.7. The first-order valence-corrected chi connectivity index (χ1v) is 13.2. The third kappa shape index (κ3) is 5.40. The molecule has 5 rings (SSSR count). The molecule has 0 unspecified atom stereocenters. The summed E-state index contributed by atoms with van der Waals surface area (Å²) in [5, 5.41) is 7.42. The first kappa shape index (κ1) is 26.5. The lowest BCUT2D eigenvalue weighted by molar-refractivity contribution is -0.115. The maximum atomic E-state index is 13.6. The predicted octanol–water partition coefficient (Wildman–Crippen LogP) is 3.96. The van der Waals surface area contributed by atoms with Crippen LogP contribution < -0.4 is 10.2 Å². The smallest absolute Gasteiger partial charge is 0.251 e. The summed E-state index contributed by atoms with van der Waals surface area (Å²) in [5.41, 5.74) is 8.47. The zero-order valence-corrected chi connectivity index (χ0v) is 23.2. The number of benzene rings is 1. The number of carbonyl (C=O) groups is 2. The summed E-state index contributed by atoms with van der Waals surface area (Å²) in [7, 11) is 1.90. The molecule has 1 aromatic carbocycles. The maximum Gasteiger partial charge on any atom is 0.251 e. The molecule has 1 aliphatic carbocycles. The summed E-state index contributed by atoms with van der Waals surface area (Å²) >= 11 is 0. The zero-order valence-electron chi connectivity index (χ0n) is 23.2. The highest BCUT2D eigenvalue weighted by molar-refractivity contribution is 6.02. The number of morpholine rings is 1. The van der Waals surface area contributed by atoms with Crippen LogP contribution in [-0.4, -0.2) is 64.3 Å². The van der Waals surface area contributed by atoms with Crippen LogP contribution in [0.5, 0.6) is 0 Å². The molecule has 1 fully saturated rings. The van der Waals surface area contributed by atoms with Gasteiger partial charge in [0, 0.05) is 67.8 Å². The fraction of sp³-hybridized carbons (Fsp3) is 0.367. The van der Waals surface area contributed by atoms with Crippen LogP contribution in [0.3, 0.4) is 0 Å². The summed E-state index contributed by atoms with van der Waals surface area (Å²) in [5.74, 6) is 0.488. The van der Waals surface area contributed by atoms with Gasteiger partial charge in [0.1, 0.15) is 0 Å². The average Bonchev–Trinajstić information content (AvgIpc) is 3.26. The number of nitrogens with one attached hydrogen (secondary N) is 1. The molecule has 1 amide bonds. The third-order valence-corrected chi connectivity index (χ3v) is 7.44. The van der Waals surface area contributed by atoms with Crippen molar-refractivity contribution in [2.45, 2.75) is 34.1 Å². The maximum absolute atomic E-state index is 13.6. The molecule has 9 nitrogen and oxygen atoms in total. The van der Waals surface area contributed by atoms with Crippen molar-refractivity contribution < 1.29 is 14.3 Å². The molecule has 1 aliphatic heterocycles. The Morgan fingerprint density at radius 1 is 1.03 bits per heavy atom. The fourth-order valence-electron chi connectivity index (χ4n) is 5.28. The molecule has 202 valence electrons. The second-order valence-electron chi connectivity index (χ2n) is 10.3. The van der Waals surface area contributed by atoms with E-state index in [9.17, 15) is 9.59 Å². The number of aromatic nitrogens is 4.